The second kappa shape index (κ2) is 7.83. The number of nitrogens with two attached hydrogens (primary N) is 1. The highest BCUT2D eigenvalue weighted by atomic mass is 16.5. The van der Waals surface area contributed by atoms with Gasteiger partial charge in [0, 0.05) is 18.5 Å². The van der Waals surface area contributed by atoms with E-state index in [0.717, 1.165) is 5.75 Å². The molecule has 5 heteroatoms. The zero-order valence-electron chi connectivity index (χ0n) is 12.1. The maximum atomic E-state index is 11.7. The standard InChI is InChI=1S/C17H18N2O3/c18-16(20)7-4-8-17(21)19-13-9-11-15(12-10-13)22-14-5-2-1-3-6-14/h1-3,5-6,9-12H,4,7-8H2,(H2,18,20)(H,19,21). The Morgan fingerprint density at radius 3 is 2.18 bits per heavy atom. The first-order valence-corrected chi connectivity index (χ1v) is 7.04. The number of nitrogens with one attached hydrogen (secondary N) is 1. The van der Waals surface area contributed by atoms with Crippen molar-refractivity contribution in [1.29, 1.82) is 0 Å². The lowest BCUT2D eigenvalue weighted by molar-refractivity contribution is -0.118. The fourth-order valence-electron chi connectivity index (χ4n) is 1.88. The van der Waals surface area contributed by atoms with Crippen LogP contribution in [0.4, 0.5) is 5.69 Å². The molecule has 2 amide bonds. The molecule has 0 unspecified atom stereocenters. The minimum atomic E-state index is -0.393. The van der Waals surface area contributed by atoms with E-state index in [1.807, 2.05) is 30.3 Å². The zero-order chi connectivity index (χ0) is 15.8. The Hall–Kier alpha value is -2.82. The number of ether oxygens (including phenoxy) is 1. The normalized spacial score (nSPS) is 10.0. The summed E-state index contributed by atoms with van der Waals surface area (Å²) in [7, 11) is 0. The van der Waals surface area contributed by atoms with Crippen LogP contribution in [0.3, 0.4) is 0 Å². The lowest BCUT2D eigenvalue weighted by Crippen LogP contribution is -2.14. The predicted molar refractivity (Wildman–Crippen MR) is 84.6 cm³/mol. The Kier molecular flexibility index (Phi) is 5.54. The molecule has 114 valence electrons. The van der Waals surface area contributed by atoms with Gasteiger partial charge in [0.1, 0.15) is 11.5 Å². The summed E-state index contributed by atoms with van der Waals surface area (Å²) in [6.07, 6.45) is 0.943. The SMILES string of the molecule is NC(=O)CCCC(=O)Nc1ccc(Oc2ccccc2)cc1. The topological polar surface area (TPSA) is 81.4 Å². The van der Waals surface area contributed by atoms with Gasteiger partial charge in [-0.1, -0.05) is 18.2 Å². The van der Waals surface area contributed by atoms with Crippen molar-refractivity contribution in [3.05, 3.63) is 54.6 Å². The molecule has 5 nitrogen and oxygen atoms in total. The van der Waals surface area contributed by atoms with Crippen molar-refractivity contribution in [2.24, 2.45) is 5.73 Å². The molecule has 2 rings (SSSR count). The molecular formula is C17H18N2O3. The third-order valence-electron chi connectivity index (χ3n) is 2.94. The molecule has 0 saturated carbocycles. The van der Waals surface area contributed by atoms with Crippen LogP contribution in [-0.2, 0) is 9.59 Å². The number of amides is 2. The molecule has 3 N–H and O–H groups in total. The van der Waals surface area contributed by atoms with Crippen molar-refractivity contribution in [3.63, 3.8) is 0 Å². The van der Waals surface area contributed by atoms with Crippen LogP contribution >= 0.6 is 0 Å². The summed E-state index contributed by atoms with van der Waals surface area (Å²) >= 11 is 0. The van der Waals surface area contributed by atoms with Gasteiger partial charge >= 0.3 is 0 Å². The quantitative estimate of drug-likeness (QED) is 0.824. The Morgan fingerprint density at radius 2 is 1.55 bits per heavy atom. The van der Waals surface area contributed by atoms with E-state index >= 15 is 0 Å². The molecule has 0 saturated heterocycles. The average molecular weight is 298 g/mol. The lowest BCUT2D eigenvalue weighted by atomic mass is 10.2. The molecule has 0 aromatic heterocycles. The molecule has 0 heterocycles. The number of rotatable bonds is 7. The Balaban J connectivity index is 1.84. The third-order valence-corrected chi connectivity index (χ3v) is 2.94. The average Bonchev–Trinajstić information content (AvgIpc) is 2.50. The van der Waals surface area contributed by atoms with Crippen LogP contribution in [0.25, 0.3) is 0 Å². The van der Waals surface area contributed by atoms with Gasteiger partial charge in [0.25, 0.3) is 0 Å². The predicted octanol–water partition coefficient (Wildman–Crippen LogP) is 3.07. The van der Waals surface area contributed by atoms with Crippen LogP contribution in [0, 0.1) is 0 Å². The van der Waals surface area contributed by atoms with Crippen molar-refractivity contribution < 1.29 is 14.3 Å². The highest BCUT2D eigenvalue weighted by molar-refractivity contribution is 5.91. The second-order valence-electron chi connectivity index (χ2n) is 4.81. The van der Waals surface area contributed by atoms with Gasteiger partial charge in [0.05, 0.1) is 0 Å². The Morgan fingerprint density at radius 1 is 0.909 bits per heavy atom. The van der Waals surface area contributed by atoms with Gasteiger partial charge in [-0.3, -0.25) is 9.59 Å². The highest BCUT2D eigenvalue weighted by Crippen LogP contribution is 2.22. The third kappa shape index (κ3) is 5.28. The fourth-order valence-corrected chi connectivity index (χ4v) is 1.88. The maximum absolute atomic E-state index is 11.7. The minimum absolute atomic E-state index is 0.141. The lowest BCUT2D eigenvalue weighted by Gasteiger charge is -2.08. The van der Waals surface area contributed by atoms with E-state index in [1.165, 1.54) is 0 Å². The molecule has 0 aliphatic rings. The summed E-state index contributed by atoms with van der Waals surface area (Å²) in [5.74, 6) is 0.914. The second-order valence-corrected chi connectivity index (χ2v) is 4.81. The molecular weight excluding hydrogens is 280 g/mol. The molecule has 0 aliphatic heterocycles. The first kappa shape index (κ1) is 15.6. The molecule has 0 spiro atoms. The van der Waals surface area contributed by atoms with E-state index in [0.29, 0.717) is 17.9 Å². The summed E-state index contributed by atoms with van der Waals surface area (Å²) in [6.45, 7) is 0. The summed E-state index contributed by atoms with van der Waals surface area (Å²) in [4.78, 5) is 22.3. The minimum Gasteiger partial charge on any atom is -0.457 e. The van der Waals surface area contributed by atoms with Crippen molar-refractivity contribution >= 4 is 17.5 Å². The van der Waals surface area contributed by atoms with Gasteiger partial charge in [-0.25, -0.2) is 0 Å². The molecule has 0 radical (unpaired) electrons. The first-order chi connectivity index (χ1) is 10.6. The van der Waals surface area contributed by atoms with Crippen LogP contribution in [0.15, 0.2) is 54.6 Å². The molecule has 2 aromatic carbocycles. The van der Waals surface area contributed by atoms with Crippen LogP contribution in [0.2, 0.25) is 0 Å². The number of carbonyl (C=O) groups is 2. The van der Waals surface area contributed by atoms with Gasteiger partial charge < -0.3 is 15.8 Å². The number of carbonyl (C=O) groups excluding carboxylic acids is 2. The molecule has 0 fully saturated rings. The largest absolute Gasteiger partial charge is 0.457 e. The molecule has 0 atom stereocenters. The van der Waals surface area contributed by atoms with Crippen molar-refractivity contribution in [1.82, 2.24) is 0 Å². The number of hydrogen-bond acceptors (Lipinski definition) is 3. The van der Waals surface area contributed by atoms with Crippen LogP contribution in [-0.4, -0.2) is 11.8 Å². The fraction of sp³-hybridized carbons (Fsp3) is 0.176. The number of hydrogen-bond donors (Lipinski definition) is 2. The summed E-state index contributed by atoms with van der Waals surface area (Å²) in [5.41, 5.74) is 5.71. The van der Waals surface area contributed by atoms with E-state index in [4.69, 9.17) is 10.5 Å². The smallest absolute Gasteiger partial charge is 0.224 e. The summed E-state index contributed by atoms with van der Waals surface area (Å²) < 4.78 is 5.67. The molecule has 0 aliphatic carbocycles. The van der Waals surface area contributed by atoms with Crippen molar-refractivity contribution in [3.8, 4) is 11.5 Å². The molecule has 2 aromatic rings. The Bertz CT molecular complexity index is 624. The Labute approximate surface area is 129 Å². The molecule has 22 heavy (non-hydrogen) atoms. The zero-order valence-corrected chi connectivity index (χ0v) is 12.1. The van der Waals surface area contributed by atoms with Crippen molar-refractivity contribution in [2.75, 3.05) is 5.32 Å². The molecule has 0 bridgehead atoms. The van der Waals surface area contributed by atoms with E-state index in [9.17, 15) is 9.59 Å². The van der Waals surface area contributed by atoms with E-state index in [-0.39, 0.29) is 18.7 Å². The number of benzene rings is 2. The number of anilines is 1. The van der Waals surface area contributed by atoms with Gasteiger partial charge in [-0.2, -0.15) is 0 Å². The van der Waals surface area contributed by atoms with E-state index in [1.54, 1.807) is 24.3 Å². The number of primary amides is 1. The number of para-hydroxylation sites is 1. The monoisotopic (exact) mass is 298 g/mol. The van der Waals surface area contributed by atoms with Crippen LogP contribution in [0.5, 0.6) is 11.5 Å². The van der Waals surface area contributed by atoms with Gasteiger partial charge in [-0.05, 0) is 42.8 Å². The van der Waals surface area contributed by atoms with Gasteiger partial charge in [-0.15, -0.1) is 0 Å². The van der Waals surface area contributed by atoms with E-state index in [2.05, 4.69) is 5.32 Å². The van der Waals surface area contributed by atoms with Gasteiger partial charge in [0.15, 0.2) is 0 Å². The summed E-state index contributed by atoms with van der Waals surface area (Å²) in [6, 6.07) is 16.6. The van der Waals surface area contributed by atoms with Crippen LogP contribution < -0.4 is 15.8 Å². The highest BCUT2D eigenvalue weighted by Gasteiger charge is 2.04. The summed E-state index contributed by atoms with van der Waals surface area (Å²) in [5, 5.41) is 2.76. The first-order valence-electron chi connectivity index (χ1n) is 7.04. The maximum Gasteiger partial charge on any atom is 0.224 e. The van der Waals surface area contributed by atoms with Crippen LogP contribution in [0.1, 0.15) is 19.3 Å². The van der Waals surface area contributed by atoms with Gasteiger partial charge in [0.2, 0.25) is 11.8 Å². The van der Waals surface area contributed by atoms with Crippen molar-refractivity contribution in [2.45, 2.75) is 19.3 Å². The van der Waals surface area contributed by atoms with E-state index < -0.39 is 5.91 Å².